The van der Waals surface area contributed by atoms with Crippen molar-refractivity contribution in [2.24, 2.45) is 5.10 Å². The van der Waals surface area contributed by atoms with Gasteiger partial charge in [0.05, 0.1) is 12.4 Å². The maximum absolute atomic E-state index is 5.59. The van der Waals surface area contributed by atoms with Crippen molar-refractivity contribution in [1.82, 2.24) is 9.97 Å². The van der Waals surface area contributed by atoms with Crippen LogP contribution in [0.5, 0.6) is 0 Å². The summed E-state index contributed by atoms with van der Waals surface area (Å²) in [4.78, 5) is 7.76. The predicted octanol–water partition coefficient (Wildman–Crippen LogP) is 1.94. The molecule has 0 fully saturated rings. The Morgan fingerprint density at radius 2 is 2.50 bits per heavy atom. The molecule has 0 amide bonds. The average Bonchev–Trinajstić information content (AvgIpc) is 2.05. The van der Waals surface area contributed by atoms with Crippen LogP contribution in [0.2, 0.25) is 5.15 Å². The number of anilines is 1. The average molecular weight is 185 g/mol. The van der Waals surface area contributed by atoms with E-state index < -0.39 is 0 Å². The highest BCUT2D eigenvalue weighted by Crippen LogP contribution is 2.05. The van der Waals surface area contributed by atoms with E-state index in [1.54, 1.807) is 12.4 Å². The molecule has 0 radical (unpaired) electrons. The van der Waals surface area contributed by atoms with Crippen LogP contribution in [0.15, 0.2) is 17.5 Å². The number of nitrogens with one attached hydrogen (secondary N) is 1. The zero-order valence-corrected chi connectivity index (χ0v) is 7.41. The minimum Gasteiger partial charge on any atom is -0.260 e. The Morgan fingerprint density at radius 3 is 3.17 bits per heavy atom. The molecule has 1 heterocycles. The van der Waals surface area contributed by atoms with E-state index in [0.717, 1.165) is 6.42 Å². The topological polar surface area (TPSA) is 50.2 Å². The zero-order chi connectivity index (χ0) is 8.81. The first-order valence-corrected chi connectivity index (χ1v) is 3.96. The van der Waals surface area contributed by atoms with Gasteiger partial charge in [-0.05, 0) is 6.42 Å². The monoisotopic (exact) mass is 184 g/mol. The summed E-state index contributed by atoms with van der Waals surface area (Å²) in [5.74, 6) is 0.548. The largest absolute Gasteiger partial charge is 0.260 e. The fourth-order valence-electron chi connectivity index (χ4n) is 0.599. The normalized spacial score (nSPS) is 10.5. The smallest absolute Gasteiger partial charge is 0.166 e. The summed E-state index contributed by atoms with van der Waals surface area (Å²) in [6.45, 7) is 1.99. The van der Waals surface area contributed by atoms with E-state index in [0.29, 0.717) is 11.0 Å². The number of rotatable bonds is 3. The fourth-order valence-corrected chi connectivity index (χ4v) is 0.747. The first-order chi connectivity index (χ1) is 5.83. The Morgan fingerprint density at radius 1 is 1.67 bits per heavy atom. The minimum absolute atomic E-state index is 0.353. The van der Waals surface area contributed by atoms with Crippen LogP contribution in [0.25, 0.3) is 0 Å². The lowest BCUT2D eigenvalue weighted by molar-refractivity contribution is 1.15. The van der Waals surface area contributed by atoms with Crippen molar-refractivity contribution in [3.05, 3.63) is 17.5 Å². The number of aromatic nitrogens is 2. The molecule has 0 saturated carbocycles. The third kappa shape index (κ3) is 2.84. The second kappa shape index (κ2) is 4.66. The molecule has 0 spiro atoms. The number of nitrogens with zero attached hydrogens (tertiary/aromatic N) is 3. The van der Waals surface area contributed by atoms with Crippen molar-refractivity contribution in [2.45, 2.75) is 13.3 Å². The third-order valence-corrected chi connectivity index (χ3v) is 1.24. The summed E-state index contributed by atoms with van der Waals surface area (Å²) in [5.41, 5.74) is 2.70. The van der Waals surface area contributed by atoms with Gasteiger partial charge in [0.1, 0.15) is 5.15 Å². The number of hydrogen-bond donors (Lipinski definition) is 1. The quantitative estimate of drug-likeness (QED) is 0.577. The maximum atomic E-state index is 5.59. The van der Waals surface area contributed by atoms with E-state index in [1.165, 1.54) is 6.20 Å². The molecule has 0 aromatic carbocycles. The van der Waals surface area contributed by atoms with Crippen LogP contribution in [-0.4, -0.2) is 16.2 Å². The van der Waals surface area contributed by atoms with E-state index in [-0.39, 0.29) is 0 Å². The molecule has 0 atom stereocenters. The Bertz CT molecular complexity index is 274. The highest BCUT2D eigenvalue weighted by Gasteiger charge is 1.91. The molecular weight excluding hydrogens is 176 g/mol. The molecule has 12 heavy (non-hydrogen) atoms. The Kier molecular flexibility index (Phi) is 3.47. The van der Waals surface area contributed by atoms with Crippen LogP contribution in [0, 0.1) is 0 Å². The van der Waals surface area contributed by atoms with Gasteiger partial charge in [0, 0.05) is 6.21 Å². The molecule has 0 aliphatic rings. The van der Waals surface area contributed by atoms with Gasteiger partial charge < -0.3 is 0 Å². The van der Waals surface area contributed by atoms with Gasteiger partial charge in [-0.15, -0.1) is 0 Å². The van der Waals surface area contributed by atoms with E-state index in [4.69, 9.17) is 11.6 Å². The van der Waals surface area contributed by atoms with E-state index in [9.17, 15) is 0 Å². The van der Waals surface area contributed by atoms with E-state index in [1.807, 2.05) is 6.92 Å². The predicted molar refractivity (Wildman–Crippen MR) is 49.4 cm³/mol. The van der Waals surface area contributed by atoms with Crippen LogP contribution < -0.4 is 5.43 Å². The van der Waals surface area contributed by atoms with Crippen molar-refractivity contribution in [3.8, 4) is 0 Å². The summed E-state index contributed by atoms with van der Waals surface area (Å²) in [6.07, 6.45) is 5.64. The van der Waals surface area contributed by atoms with E-state index in [2.05, 4.69) is 20.5 Å². The molecule has 0 bridgehead atoms. The highest BCUT2D eigenvalue weighted by atomic mass is 35.5. The van der Waals surface area contributed by atoms with Crippen LogP contribution in [0.4, 0.5) is 5.82 Å². The Hall–Kier alpha value is -1.16. The van der Waals surface area contributed by atoms with E-state index >= 15 is 0 Å². The summed E-state index contributed by atoms with van der Waals surface area (Å²) in [6, 6.07) is 0. The standard InChI is InChI=1S/C7H9ClN4/c1-2-3-10-12-7-5-9-4-6(8)11-7/h3-5H,2H2,1H3,(H,11,12)/b10-3+. The molecule has 5 heteroatoms. The summed E-state index contributed by atoms with van der Waals surface area (Å²) < 4.78 is 0. The zero-order valence-electron chi connectivity index (χ0n) is 6.66. The van der Waals surface area contributed by atoms with Crippen molar-refractivity contribution < 1.29 is 0 Å². The summed E-state index contributed by atoms with van der Waals surface area (Å²) in [5, 5.41) is 4.22. The van der Waals surface area contributed by atoms with Crippen molar-refractivity contribution in [3.63, 3.8) is 0 Å². The van der Waals surface area contributed by atoms with Gasteiger partial charge in [-0.1, -0.05) is 18.5 Å². The molecule has 4 nitrogen and oxygen atoms in total. The Labute approximate surface area is 75.7 Å². The molecule has 1 rings (SSSR count). The fraction of sp³-hybridized carbons (Fsp3) is 0.286. The van der Waals surface area contributed by atoms with Crippen LogP contribution in [0.3, 0.4) is 0 Å². The van der Waals surface area contributed by atoms with Crippen LogP contribution in [0.1, 0.15) is 13.3 Å². The molecule has 64 valence electrons. The first-order valence-electron chi connectivity index (χ1n) is 3.58. The third-order valence-electron chi connectivity index (χ3n) is 1.06. The summed E-state index contributed by atoms with van der Waals surface area (Å²) in [7, 11) is 0. The second-order valence-electron chi connectivity index (χ2n) is 2.06. The Balaban J connectivity index is 2.57. The van der Waals surface area contributed by atoms with Gasteiger partial charge in [0.25, 0.3) is 0 Å². The lowest BCUT2D eigenvalue weighted by Crippen LogP contribution is -1.93. The number of hydrogen-bond acceptors (Lipinski definition) is 4. The molecule has 0 unspecified atom stereocenters. The van der Waals surface area contributed by atoms with Crippen LogP contribution >= 0.6 is 11.6 Å². The first kappa shape index (κ1) is 8.93. The lowest BCUT2D eigenvalue weighted by Gasteiger charge is -1.96. The molecule has 1 N–H and O–H groups in total. The SMILES string of the molecule is CC/C=N/Nc1cncc(Cl)n1. The summed E-state index contributed by atoms with van der Waals surface area (Å²) >= 11 is 5.59. The second-order valence-corrected chi connectivity index (χ2v) is 2.45. The lowest BCUT2D eigenvalue weighted by atomic mass is 10.6. The molecule has 0 aliphatic carbocycles. The highest BCUT2D eigenvalue weighted by molar-refractivity contribution is 6.29. The van der Waals surface area contributed by atoms with Gasteiger partial charge in [-0.25, -0.2) is 4.98 Å². The molecule has 1 aromatic heterocycles. The molecular formula is C7H9ClN4. The number of hydrazone groups is 1. The molecule has 0 aliphatic heterocycles. The van der Waals surface area contributed by atoms with Gasteiger partial charge in [0.15, 0.2) is 5.82 Å². The molecule has 0 saturated heterocycles. The van der Waals surface area contributed by atoms with Gasteiger partial charge >= 0.3 is 0 Å². The van der Waals surface area contributed by atoms with Crippen molar-refractivity contribution in [1.29, 1.82) is 0 Å². The van der Waals surface area contributed by atoms with Gasteiger partial charge in [0.2, 0.25) is 0 Å². The minimum atomic E-state index is 0.353. The van der Waals surface area contributed by atoms with Gasteiger partial charge in [-0.2, -0.15) is 5.10 Å². The van der Waals surface area contributed by atoms with Crippen LogP contribution in [-0.2, 0) is 0 Å². The maximum Gasteiger partial charge on any atom is 0.166 e. The van der Waals surface area contributed by atoms with Crippen molar-refractivity contribution >= 4 is 23.6 Å². The molecule has 1 aromatic rings. The van der Waals surface area contributed by atoms with Crippen molar-refractivity contribution in [2.75, 3.05) is 5.43 Å². The number of halogens is 1. The van der Waals surface area contributed by atoms with Gasteiger partial charge in [-0.3, -0.25) is 10.4 Å².